The third kappa shape index (κ3) is 5.99. The van der Waals surface area contributed by atoms with Gasteiger partial charge in [0, 0.05) is 45.3 Å². The quantitative estimate of drug-likeness (QED) is 0.805. The van der Waals surface area contributed by atoms with Gasteiger partial charge < -0.3 is 20.3 Å². The van der Waals surface area contributed by atoms with Crippen molar-refractivity contribution < 1.29 is 14.3 Å². The summed E-state index contributed by atoms with van der Waals surface area (Å²) in [5, 5.41) is 0. The Morgan fingerprint density at radius 2 is 1.83 bits per heavy atom. The number of piperazine rings is 1. The zero-order valence-corrected chi connectivity index (χ0v) is 15.2. The predicted octanol–water partition coefficient (Wildman–Crippen LogP) is 0.735. The van der Waals surface area contributed by atoms with Crippen molar-refractivity contribution >= 4 is 12.0 Å². The minimum Gasteiger partial charge on any atom is -0.444 e. The summed E-state index contributed by atoms with van der Waals surface area (Å²) in [6.07, 6.45) is -0.314. The number of hydrogen-bond donors (Lipinski definition) is 1. The summed E-state index contributed by atoms with van der Waals surface area (Å²) in [5.41, 5.74) is 5.35. The van der Waals surface area contributed by atoms with Gasteiger partial charge in [0.05, 0.1) is 6.54 Å². The van der Waals surface area contributed by atoms with Gasteiger partial charge >= 0.3 is 6.09 Å². The van der Waals surface area contributed by atoms with Crippen LogP contribution < -0.4 is 5.73 Å². The van der Waals surface area contributed by atoms with Gasteiger partial charge in [0.2, 0.25) is 5.91 Å². The minimum atomic E-state index is -0.509. The van der Waals surface area contributed by atoms with Gasteiger partial charge in [0.25, 0.3) is 0 Å². The molecule has 0 aromatic carbocycles. The third-order valence-electron chi connectivity index (χ3n) is 3.98. The zero-order chi connectivity index (χ0) is 17.6. The molecule has 0 bridgehead atoms. The SMILES string of the molecule is CCN(CC)C(=O)CN1CCN(C(=O)OC(C)(C)C)CC1CN. The Hall–Kier alpha value is -1.34. The van der Waals surface area contributed by atoms with Crippen LogP contribution in [0.5, 0.6) is 0 Å². The second-order valence-corrected chi connectivity index (χ2v) is 6.85. The van der Waals surface area contributed by atoms with Crippen LogP contribution in [0.3, 0.4) is 0 Å². The average Bonchev–Trinajstić information content (AvgIpc) is 2.47. The molecule has 1 aliphatic rings. The first-order valence-electron chi connectivity index (χ1n) is 8.41. The lowest BCUT2D eigenvalue weighted by Crippen LogP contribution is -2.59. The van der Waals surface area contributed by atoms with E-state index < -0.39 is 5.60 Å². The molecule has 1 rings (SSSR count). The minimum absolute atomic E-state index is 0.0178. The number of carbonyl (C=O) groups is 2. The van der Waals surface area contributed by atoms with E-state index in [9.17, 15) is 9.59 Å². The van der Waals surface area contributed by atoms with Gasteiger partial charge in [-0.2, -0.15) is 0 Å². The van der Waals surface area contributed by atoms with Crippen molar-refractivity contribution in [2.24, 2.45) is 5.73 Å². The Morgan fingerprint density at radius 3 is 2.30 bits per heavy atom. The summed E-state index contributed by atoms with van der Waals surface area (Å²) >= 11 is 0. The topological polar surface area (TPSA) is 79.1 Å². The van der Waals surface area contributed by atoms with E-state index in [2.05, 4.69) is 4.90 Å². The highest BCUT2D eigenvalue weighted by Crippen LogP contribution is 2.15. The summed E-state index contributed by atoms with van der Waals surface area (Å²) in [6, 6.07) is -0.0178. The highest BCUT2D eigenvalue weighted by molar-refractivity contribution is 5.78. The molecule has 1 saturated heterocycles. The predicted molar refractivity (Wildman–Crippen MR) is 90.2 cm³/mol. The van der Waals surface area contributed by atoms with E-state index in [1.165, 1.54) is 0 Å². The van der Waals surface area contributed by atoms with E-state index in [0.29, 0.717) is 45.8 Å². The largest absolute Gasteiger partial charge is 0.444 e. The molecule has 1 unspecified atom stereocenters. The number of hydrogen-bond acceptors (Lipinski definition) is 5. The molecule has 0 saturated carbocycles. The van der Waals surface area contributed by atoms with Gasteiger partial charge in [-0.3, -0.25) is 9.69 Å². The molecule has 23 heavy (non-hydrogen) atoms. The lowest BCUT2D eigenvalue weighted by Gasteiger charge is -2.41. The summed E-state index contributed by atoms with van der Waals surface area (Å²) in [7, 11) is 0. The Labute approximate surface area is 139 Å². The van der Waals surface area contributed by atoms with Gasteiger partial charge in [0.15, 0.2) is 0 Å². The molecule has 7 heteroatoms. The Kier molecular flexibility index (Phi) is 7.28. The normalized spacial score (nSPS) is 19.6. The molecule has 0 aromatic rings. The highest BCUT2D eigenvalue weighted by atomic mass is 16.6. The molecule has 1 aliphatic heterocycles. The number of rotatable bonds is 5. The van der Waals surface area contributed by atoms with Crippen LogP contribution in [0.15, 0.2) is 0 Å². The molecular weight excluding hydrogens is 296 g/mol. The van der Waals surface area contributed by atoms with Crippen molar-refractivity contribution in [1.82, 2.24) is 14.7 Å². The maximum Gasteiger partial charge on any atom is 0.410 e. The fourth-order valence-corrected chi connectivity index (χ4v) is 2.67. The first-order valence-corrected chi connectivity index (χ1v) is 8.41. The summed E-state index contributed by atoms with van der Waals surface area (Å²) in [5.74, 6) is 0.110. The van der Waals surface area contributed by atoms with Crippen LogP contribution in [0.25, 0.3) is 0 Å². The number of ether oxygens (including phenoxy) is 1. The molecule has 7 nitrogen and oxygen atoms in total. The fraction of sp³-hybridized carbons (Fsp3) is 0.875. The Morgan fingerprint density at radius 1 is 1.22 bits per heavy atom. The second-order valence-electron chi connectivity index (χ2n) is 6.85. The molecule has 134 valence electrons. The average molecular weight is 328 g/mol. The molecular formula is C16H32N4O3. The molecule has 0 spiro atoms. The molecule has 0 radical (unpaired) electrons. The Balaban J connectivity index is 2.62. The zero-order valence-electron chi connectivity index (χ0n) is 15.2. The van der Waals surface area contributed by atoms with Crippen LogP contribution in [0.2, 0.25) is 0 Å². The van der Waals surface area contributed by atoms with Crippen LogP contribution in [-0.2, 0) is 9.53 Å². The van der Waals surface area contributed by atoms with Gasteiger partial charge in [-0.1, -0.05) is 0 Å². The molecule has 2 amide bonds. The van der Waals surface area contributed by atoms with E-state index in [1.807, 2.05) is 39.5 Å². The van der Waals surface area contributed by atoms with Crippen molar-refractivity contribution in [2.45, 2.75) is 46.3 Å². The Bertz CT molecular complexity index is 405. The monoisotopic (exact) mass is 328 g/mol. The van der Waals surface area contributed by atoms with E-state index >= 15 is 0 Å². The van der Waals surface area contributed by atoms with E-state index in [4.69, 9.17) is 10.5 Å². The molecule has 1 heterocycles. The van der Waals surface area contributed by atoms with Crippen molar-refractivity contribution in [2.75, 3.05) is 45.8 Å². The lowest BCUT2D eigenvalue weighted by molar-refractivity contribution is -0.133. The highest BCUT2D eigenvalue weighted by Gasteiger charge is 2.32. The number of nitrogens with zero attached hydrogens (tertiary/aromatic N) is 3. The maximum atomic E-state index is 12.3. The maximum absolute atomic E-state index is 12.3. The first-order chi connectivity index (χ1) is 10.7. The van der Waals surface area contributed by atoms with Crippen LogP contribution >= 0.6 is 0 Å². The van der Waals surface area contributed by atoms with Crippen molar-refractivity contribution in [3.63, 3.8) is 0 Å². The van der Waals surface area contributed by atoms with Gasteiger partial charge in [0.1, 0.15) is 5.60 Å². The number of amides is 2. The van der Waals surface area contributed by atoms with Crippen LogP contribution in [-0.4, -0.2) is 84.2 Å². The number of carbonyl (C=O) groups excluding carboxylic acids is 2. The van der Waals surface area contributed by atoms with E-state index in [0.717, 1.165) is 0 Å². The van der Waals surface area contributed by atoms with Crippen molar-refractivity contribution in [3.8, 4) is 0 Å². The fourth-order valence-electron chi connectivity index (χ4n) is 2.67. The van der Waals surface area contributed by atoms with Gasteiger partial charge in [-0.05, 0) is 34.6 Å². The van der Waals surface area contributed by atoms with Crippen LogP contribution in [0.4, 0.5) is 4.79 Å². The van der Waals surface area contributed by atoms with Crippen LogP contribution in [0, 0.1) is 0 Å². The molecule has 0 aromatic heterocycles. The smallest absolute Gasteiger partial charge is 0.410 e. The lowest BCUT2D eigenvalue weighted by atomic mass is 10.1. The van der Waals surface area contributed by atoms with Gasteiger partial charge in [-0.25, -0.2) is 4.79 Å². The molecule has 0 aliphatic carbocycles. The third-order valence-corrected chi connectivity index (χ3v) is 3.98. The van der Waals surface area contributed by atoms with E-state index in [-0.39, 0.29) is 18.0 Å². The molecule has 1 atom stereocenters. The molecule has 1 fully saturated rings. The van der Waals surface area contributed by atoms with Crippen LogP contribution in [0.1, 0.15) is 34.6 Å². The molecule has 2 N–H and O–H groups in total. The van der Waals surface area contributed by atoms with Gasteiger partial charge in [-0.15, -0.1) is 0 Å². The number of likely N-dealkylation sites (N-methyl/N-ethyl adjacent to an activating group) is 1. The van der Waals surface area contributed by atoms with E-state index in [1.54, 1.807) is 4.90 Å². The summed E-state index contributed by atoms with van der Waals surface area (Å²) in [6.45, 7) is 13.4. The standard InChI is InChI=1S/C16H32N4O3/c1-6-18(7-2)14(21)12-19-8-9-20(11-13(19)10-17)15(22)23-16(3,4)5/h13H,6-12,17H2,1-5H3. The summed E-state index contributed by atoms with van der Waals surface area (Å²) < 4.78 is 5.41. The summed E-state index contributed by atoms with van der Waals surface area (Å²) in [4.78, 5) is 30.0. The van der Waals surface area contributed by atoms with Crippen molar-refractivity contribution in [3.05, 3.63) is 0 Å². The van der Waals surface area contributed by atoms with Crippen molar-refractivity contribution in [1.29, 1.82) is 0 Å². The number of nitrogens with two attached hydrogens (primary N) is 1. The second kappa shape index (κ2) is 8.49. The first kappa shape index (κ1) is 19.7.